The minimum atomic E-state index is -3.63. The number of nitrogens with zero attached hydrogens (tertiary/aromatic N) is 1. The highest BCUT2D eigenvalue weighted by Crippen LogP contribution is 2.30. The Hall–Kier alpha value is -3.79. The summed E-state index contributed by atoms with van der Waals surface area (Å²) in [6.45, 7) is 0.929. The zero-order valence-corrected chi connectivity index (χ0v) is 22.0. The average Bonchev–Trinajstić information content (AvgIpc) is 3.29. The van der Waals surface area contributed by atoms with Crippen molar-refractivity contribution in [2.75, 3.05) is 18.4 Å². The highest BCUT2D eigenvalue weighted by Gasteiger charge is 2.39. The molecule has 200 valence electrons. The molecule has 2 heterocycles. The second-order valence-corrected chi connectivity index (χ2v) is 11.9. The zero-order valence-electron chi connectivity index (χ0n) is 21.1. The number of anilines is 1. The molecule has 4 aromatic rings. The van der Waals surface area contributed by atoms with Crippen LogP contribution in [0.15, 0.2) is 89.8 Å². The van der Waals surface area contributed by atoms with Crippen molar-refractivity contribution >= 4 is 32.5 Å². The first-order valence-corrected chi connectivity index (χ1v) is 14.4. The van der Waals surface area contributed by atoms with Gasteiger partial charge in [0.2, 0.25) is 10.0 Å². The minimum Gasteiger partial charge on any atom is -0.372 e. The van der Waals surface area contributed by atoms with Crippen LogP contribution in [0.25, 0.3) is 21.9 Å². The number of nitrogens with one attached hydrogen (secondary N) is 2. The number of benzene rings is 4. The van der Waals surface area contributed by atoms with E-state index in [4.69, 9.17) is 4.74 Å². The lowest BCUT2D eigenvalue weighted by molar-refractivity contribution is -0.0114. The van der Waals surface area contributed by atoms with Crippen LogP contribution in [0.5, 0.6) is 0 Å². The number of halogens is 1. The van der Waals surface area contributed by atoms with E-state index in [1.807, 2.05) is 42.5 Å². The molecule has 0 aromatic heterocycles. The first-order chi connectivity index (χ1) is 18.8. The van der Waals surface area contributed by atoms with E-state index >= 15 is 0 Å². The molecular formula is C30H28FN3O4S. The van der Waals surface area contributed by atoms with Gasteiger partial charge in [0.1, 0.15) is 5.82 Å². The Bertz CT molecular complexity index is 1630. The molecule has 0 spiro atoms. The molecular weight excluding hydrogens is 517 g/mol. The number of urea groups is 1. The molecule has 2 amide bonds. The maximum atomic E-state index is 14.7. The Morgan fingerprint density at radius 1 is 0.897 bits per heavy atom. The molecule has 9 heteroatoms. The van der Waals surface area contributed by atoms with Crippen LogP contribution in [0.4, 0.5) is 14.9 Å². The third-order valence-corrected chi connectivity index (χ3v) is 9.15. The summed E-state index contributed by atoms with van der Waals surface area (Å²) in [6.07, 6.45) is 1.70. The van der Waals surface area contributed by atoms with E-state index < -0.39 is 16.1 Å². The van der Waals surface area contributed by atoms with Crippen LogP contribution in [0, 0.1) is 5.82 Å². The molecule has 0 radical (unpaired) electrons. The van der Waals surface area contributed by atoms with Gasteiger partial charge in [0, 0.05) is 30.9 Å². The fraction of sp³-hybridized carbons (Fsp3) is 0.233. The number of hydrogen-bond acceptors (Lipinski definition) is 4. The van der Waals surface area contributed by atoms with Gasteiger partial charge >= 0.3 is 6.03 Å². The topological polar surface area (TPSA) is 87.7 Å². The second-order valence-electron chi connectivity index (χ2n) is 9.99. The van der Waals surface area contributed by atoms with E-state index in [2.05, 4.69) is 10.6 Å². The highest BCUT2D eigenvalue weighted by molar-refractivity contribution is 7.89. The standard InChI is InChI=1S/C30H28FN3O4S/c31-29-14-5-20(15-28(29)23-7-6-21-3-1-2-4-22(21)16-23)17-32-30(35)33-24-8-12-27(13-9-24)39(36,37)34-18-25-10-11-26(19-34)38-25/h1-9,12-16,25-26H,10-11,17-19H2,(H2,32,33,35). The van der Waals surface area contributed by atoms with Crippen LogP contribution in [-0.2, 0) is 21.3 Å². The number of carbonyl (C=O) groups excluding carboxylic acids is 1. The summed E-state index contributed by atoms with van der Waals surface area (Å²) in [4.78, 5) is 12.7. The summed E-state index contributed by atoms with van der Waals surface area (Å²) >= 11 is 0. The van der Waals surface area contributed by atoms with Gasteiger partial charge in [-0.05, 0) is 77.2 Å². The molecule has 2 N–H and O–H groups in total. The van der Waals surface area contributed by atoms with E-state index in [9.17, 15) is 17.6 Å². The number of sulfonamides is 1. The van der Waals surface area contributed by atoms with E-state index in [1.54, 1.807) is 24.3 Å². The lowest BCUT2D eigenvalue weighted by Crippen LogP contribution is -2.45. The molecule has 2 aliphatic rings. The second kappa shape index (κ2) is 10.4. The normalized spacial score (nSPS) is 19.2. The van der Waals surface area contributed by atoms with Gasteiger partial charge in [-0.15, -0.1) is 0 Å². The Morgan fingerprint density at radius 2 is 1.62 bits per heavy atom. The lowest BCUT2D eigenvalue weighted by Gasteiger charge is -2.31. The molecule has 2 atom stereocenters. The minimum absolute atomic E-state index is 0.0343. The molecule has 0 aliphatic carbocycles. The number of amides is 2. The molecule has 4 aromatic carbocycles. The van der Waals surface area contributed by atoms with Crippen molar-refractivity contribution in [1.82, 2.24) is 9.62 Å². The van der Waals surface area contributed by atoms with Crippen molar-refractivity contribution in [1.29, 1.82) is 0 Å². The number of fused-ring (bicyclic) bond motifs is 3. The molecule has 2 bridgehead atoms. The van der Waals surface area contributed by atoms with E-state index in [0.29, 0.717) is 24.3 Å². The van der Waals surface area contributed by atoms with Crippen LogP contribution >= 0.6 is 0 Å². The summed E-state index contributed by atoms with van der Waals surface area (Å²) < 4.78 is 48.0. The number of ether oxygens (including phenoxy) is 1. The first-order valence-electron chi connectivity index (χ1n) is 12.9. The monoisotopic (exact) mass is 545 g/mol. The molecule has 0 saturated carbocycles. The van der Waals surface area contributed by atoms with Gasteiger partial charge < -0.3 is 15.4 Å². The van der Waals surface area contributed by atoms with Gasteiger partial charge in [0.15, 0.2) is 0 Å². The predicted molar refractivity (Wildman–Crippen MR) is 148 cm³/mol. The zero-order chi connectivity index (χ0) is 27.0. The summed E-state index contributed by atoms with van der Waals surface area (Å²) in [6, 6.07) is 24.2. The SMILES string of the molecule is O=C(NCc1ccc(F)c(-c2ccc3ccccc3c2)c1)Nc1ccc(S(=O)(=O)N2CC3CCC(C2)O3)cc1. The summed E-state index contributed by atoms with van der Waals surface area (Å²) in [5.74, 6) is -0.335. The van der Waals surface area contributed by atoms with Crippen LogP contribution in [-0.4, -0.2) is 44.1 Å². The van der Waals surface area contributed by atoms with Gasteiger partial charge in [0.25, 0.3) is 0 Å². The first kappa shape index (κ1) is 25.5. The molecule has 7 nitrogen and oxygen atoms in total. The maximum absolute atomic E-state index is 14.7. The molecule has 39 heavy (non-hydrogen) atoms. The van der Waals surface area contributed by atoms with Crippen molar-refractivity contribution in [3.63, 3.8) is 0 Å². The van der Waals surface area contributed by atoms with E-state index in [-0.39, 0.29) is 29.5 Å². The molecule has 6 rings (SSSR count). The Morgan fingerprint density at radius 3 is 2.36 bits per heavy atom. The van der Waals surface area contributed by atoms with Crippen molar-refractivity contribution in [3.05, 3.63) is 96.3 Å². The average molecular weight is 546 g/mol. The fourth-order valence-corrected chi connectivity index (χ4v) is 6.75. The summed E-state index contributed by atoms with van der Waals surface area (Å²) in [5, 5.41) is 7.60. The van der Waals surface area contributed by atoms with Gasteiger partial charge in [-0.2, -0.15) is 4.31 Å². The third-order valence-electron chi connectivity index (χ3n) is 7.30. The van der Waals surface area contributed by atoms with Gasteiger partial charge in [-0.1, -0.05) is 42.5 Å². The highest BCUT2D eigenvalue weighted by atomic mass is 32.2. The number of rotatable bonds is 6. The molecule has 2 fully saturated rings. The molecule has 2 unspecified atom stereocenters. The summed E-state index contributed by atoms with van der Waals surface area (Å²) in [5.41, 5.74) is 2.43. The maximum Gasteiger partial charge on any atom is 0.319 e. The number of carbonyl (C=O) groups is 1. The molecule has 2 aliphatic heterocycles. The number of hydrogen-bond donors (Lipinski definition) is 2. The lowest BCUT2D eigenvalue weighted by atomic mass is 9.99. The van der Waals surface area contributed by atoms with Crippen molar-refractivity contribution in [2.45, 2.75) is 36.5 Å². The fourth-order valence-electron chi connectivity index (χ4n) is 5.25. The van der Waals surface area contributed by atoms with E-state index in [1.165, 1.54) is 22.5 Å². The van der Waals surface area contributed by atoms with Crippen molar-refractivity contribution in [2.24, 2.45) is 0 Å². The summed E-state index contributed by atoms with van der Waals surface area (Å²) in [7, 11) is -3.63. The van der Waals surface area contributed by atoms with Gasteiger partial charge in [-0.3, -0.25) is 0 Å². The van der Waals surface area contributed by atoms with Gasteiger partial charge in [0.05, 0.1) is 17.1 Å². The number of morpholine rings is 1. The smallest absolute Gasteiger partial charge is 0.319 e. The Labute approximate surface area is 226 Å². The van der Waals surface area contributed by atoms with Crippen LogP contribution in [0.1, 0.15) is 18.4 Å². The van der Waals surface area contributed by atoms with Crippen molar-refractivity contribution < 1.29 is 22.3 Å². The van der Waals surface area contributed by atoms with Gasteiger partial charge in [-0.25, -0.2) is 17.6 Å². The molecule has 2 saturated heterocycles. The van der Waals surface area contributed by atoms with E-state index in [0.717, 1.165) is 34.7 Å². The largest absolute Gasteiger partial charge is 0.372 e. The van der Waals surface area contributed by atoms with Crippen LogP contribution in [0.2, 0.25) is 0 Å². The Balaban J connectivity index is 1.08. The Kier molecular flexibility index (Phi) is 6.80. The quantitative estimate of drug-likeness (QED) is 0.334. The van der Waals surface area contributed by atoms with Crippen molar-refractivity contribution in [3.8, 4) is 11.1 Å². The predicted octanol–water partition coefficient (Wildman–Crippen LogP) is 5.52. The third kappa shape index (κ3) is 5.38. The van der Waals surface area contributed by atoms with Crippen LogP contribution < -0.4 is 10.6 Å². The van der Waals surface area contributed by atoms with Crippen LogP contribution in [0.3, 0.4) is 0 Å².